The second-order valence-electron chi connectivity index (χ2n) is 5.79. The number of hydrogen-bond donors (Lipinski definition) is 0. The molecule has 0 amide bonds. The van der Waals surface area contributed by atoms with Crippen molar-refractivity contribution in [2.24, 2.45) is 0 Å². The Bertz CT molecular complexity index is 765. The van der Waals surface area contributed by atoms with Crippen molar-refractivity contribution in [3.63, 3.8) is 0 Å². The molecule has 0 aromatic heterocycles. The highest BCUT2D eigenvalue weighted by Gasteiger charge is 2.33. The number of hydrogen-bond acceptors (Lipinski definition) is 2. The van der Waals surface area contributed by atoms with E-state index in [-0.39, 0.29) is 13.1 Å². The molecule has 128 valence electrons. The Labute approximate surface area is 140 Å². The molecular weight excluding hydrogens is 334 g/mol. The summed E-state index contributed by atoms with van der Waals surface area (Å²) in [5.74, 6) is -0.781. The van der Waals surface area contributed by atoms with Crippen LogP contribution in [0.4, 0.5) is 8.78 Å². The molecule has 1 heterocycles. The first-order valence-corrected chi connectivity index (χ1v) is 9.09. The van der Waals surface area contributed by atoms with E-state index in [4.69, 9.17) is 0 Å². The first-order chi connectivity index (χ1) is 11.4. The van der Waals surface area contributed by atoms with E-state index in [1.807, 2.05) is 0 Å². The van der Waals surface area contributed by atoms with Crippen LogP contribution in [0.25, 0.3) is 0 Å². The van der Waals surface area contributed by atoms with E-state index >= 15 is 0 Å². The summed E-state index contributed by atoms with van der Waals surface area (Å²) in [6.07, 6.45) is 0.670. The second kappa shape index (κ2) is 6.96. The monoisotopic (exact) mass is 352 g/mol. The summed E-state index contributed by atoms with van der Waals surface area (Å²) in [6.45, 7) is 1.02. The molecule has 0 bridgehead atoms. The number of halogens is 2. The van der Waals surface area contributed by atoms with Gasteiger partial charge in [-0.05, 0) is 41.8 Å². The summed E-state index contributed by atoms with van der Waals surface area (Å²) in [6, 6.07) is 11.8. The molecule has 0 saturated carbocycles. The van der Waals surface area contributed by atoms with E-state index in [1.54, 1.807) is 24.3 Å². The lowest BCUT2D eigenvalue weighted by Gasteiger charge is -2.34. The predicted octanol–water partition coefficient (Wildman–Crippen LogP) is 2.92. The van der Waals surface area contributed by atoms with Crippen molar-refractivity contribution in [1.82, 2.24) is 8.61 Å². The number of benzene rings is 2. The minimum atomic E-state index is -3.66. The summed E-state index contributed by atoms with van der Waals surface area (Å²) >= 11 is 0. The van der Waals surface area contributed by atoms with Crippen molar-refractivity contribution in [1.29, 1.82) is 0 Å². The largest absolute Gasteiger partial charge is 0.282 e. The van der Waals surface area contributed by atoms with Crippen LogP contribution in [-0.2, 0) is 23.3 Å². The Morgan fingerprint density at radius 1 is 0.833 bits per heavy atom. The van der Waals surface area contributed by atoms with Crippen molar-refractivity contribution in [3.8, 4) is 0 Å². The Morgan fingerprint density at radius 2 is 1.29 bits per heavy atom. The molecule has 1 aliphatic heterocycles. The summed E-state index contributed by atoms with van der Waals surface area (Å²) in [5.41, 5.74) is 1.21. The highest BCUT2D eigenvalue weighted by Crippen LogP contribution is 2.22. The third-order valence-electron chi connectivity index (χ3n) is 3.96. The second-order valence-corrected chi connectivity index (χ2v) is 7.72. The first kappa shape index (κ1) is 17.0. The fourth-order valence-corrected chi connectivity index (χ4v) is 4.49. The van der Waals surface area contributed by atoms with Crippen LogP contribution in [0.2, 0.25) is 0 Å². The van der Waals surface area contributed by atoms with E-state index < -0.39 is 21.8 Å². The van der Waals surface area contributed by atoms with Crippen molar-refractivity contribution < 1.29 is 17.2 Å². The van der Waals surface area contributed by atoms with Gasteiger partial charge in [-0.3, -0.25) is 0 Å². The molecule has 1 saturated heterocycles. The molecule has 3 rings (SSSR count). The minimum Gasteiger partial charge on any atom is -0.207 e. The lowest BCUT2D eigenvalue weighted by Crippen LogP contribution is -2.48. The normalized spacial score (nSPS) is 18.6. The van der Waals surface area contributed by atoms with Crippen molar-refractivity contribution in [3.05, 3.63) is 71.3 Å². The molecule has 1 fully saturated rings. The van der Waals surface area contributed by atoms with Gasteiger partial charge < -0.3 is 0 Å². The van der Waals surface area contributed by atoms with E-state index in [0.717, 1.165) is 0 Å². The topological polar surface area (TPSA) is 40.6 Å². The highest BCUT2D eigenvalue weighted by atomic mass is 32.2. The van der Waals surface area contributed by atoms with Gasteiger partial charge >= 0.3 is 0 Å². The van der Waals surface area contributed by atoms with Crippen LogP contribution in [0, 0.1) is 11.6 Å². The molecule has 0 aliphatic carbocycles. The van der Waals surface area contributed by atoms with E-state index in [9.17, 15) is 17.2 Å². The predicted molar refractivity (Wildman–Crippen MR) is 87.2 cm³/mol. The van der Waals surface area contributed by atoms with Crippen LogP contribution in [0.3, 0.4) is 0 Å². The third-order valence-corrected chi connectivity index (χ3v) is 5.89. The van der Waals surface area contributed by atoms with Gasteiger partial charge in [0.2, 0.25) is 0 Å². The molecule has 0 spiro atoms. The zero-order valence-corrected chi connectivity index (χ0v) is 13.8. The van der Waals surface area contributed by atoms with Gasteiger partial charge in [0.05, 0.1) is 0 Å². The number of nitrogens with zero attached hydrogens (tertiary/aromatic N) is 2. The van der Waals surface area contributed by atoms with Crippen LogP contribution < -0.4 is 0 Å². The van der Waals surface area contributed by atoms with Gasteiger partial charge in [0.25, 0.3) is 10.2 Å². The third kappa shape index (κ3) is 3.80. The van der Waals surface area contributed by atoms with Crippen LogP contribution in [-0.4, -0.2) is 30.1 Å². The fraction of sp³-hybridized carbons (Fsp3) is 0.294. The quantitative estimate of drug-likeness (QED) is 0.849. The first-order valence-electron chi connectivity index (χ1n) is 7.69. The van der Waals surface area contributed by atoms with Gasteiger partial charge in [0, 0.05) is 26.2 Å². The minimum absolute atomic E-state index is 0.125. The van der Waals surface area contributed by atoms with Crippen LogP contribution in [0.5, 0.6) is 0 Å². The molecule has 1 aliphatic rings. The molecule has 0 atom stereocenters. The van der Waals surface area contributed by atoms with Crippen LogP contribution in [0.15, 0.2) is 48.5 Å². The van der Waals surface area contributed by atoms with Gasteiger partial charge in [0.1, 0.15) is 11.6 Å². The Hall–Kier alpha value is -1.83. The molecule has 2 aromatic rings. The summed E-state index contributed by atoms with van der Waals surface area (Å²) in [4.78, 5) is 0. The molecular formula is C17H18F2N2O2S. The Balaban J connectivity index is 1.78. The van der Waals surface area contributed by atoms with Gasteiger partial charge in [-0.2, -0.15) is 17.0 Å². The Morgan fingerprint density at radius 3 is 1.71 bits per heavy atom. The molecule has 24 heavy (non-hydrogen) atoms. The van der Waals surface area contributed by atoms with Crippen LogP contribution in [0.1, 0.15) is 17.5 Å². The maximum atomic E-state index is 13.3. The van der Waals surface area contributed by atoms with Gasteiger partial charge in [-0.25, -0.2) is 8.78 Å². The van der Waals surface area contributed by atoms with Crippen molar-refractivity contribution in [2.45, 2.75) is 19.5 Å². The summed E-state index contributed by atoms with van der Waals surface area (Å²) in [5, 5.41) is 0. The summed E-state index contributed by atoms with van der Waals surface area (Å²) in [7, 11) is -3.66. The summed E-state index contributed by atoms with van der Waals surface area (Å²) < 4.78 is 54.8. The zero-order chi connectivity index (χ0) is 17.2. The fourth-order valence-electron chi connectivity index (χ4n) is 2.82. The van der Waals surface area contributed by atoms with Gasteiger partial charge in [-0.1, -0.05) is 24.3 Å². The average Bonchev–Trinajstić information content (AvgIpc) is 2.52. The highest BCUT2D eigenvalue weighted by molar-refractivity contribution is 7.86. The van der Waals surface area contributed by atoms with E-state index in [2.05, 4.69) is 0 Å². The molecule has 4 nitrogen and oxygen atoms in total. The van der Waals surface area contributed by atoms with Gasteiger partial charge in [0.15, 0.2) is 0 Å². The molecule has 0 N–H and O–H groups in total. The van der Waals surface area contributed by atoms with Crippen molar-refractivity contribution in [2.75, 3.05) is 13.1 Å². The molecule has 2 aromatic carbocycles. The smallest absolute Gasteiger partial charge is 0.207 e. The van der Waals surface area contributed by atoms with E-state index in [1.165, 1.54) is 32.9 Å². The zero-order valence-electron chi connectivity index (χ0n) is 13.0. The average molecular weight is 352 g/mol. The SMILES string of the molecule is O=S1(=O)N(Cc2cccc(F)c2)CCCN1Cc1cccc(F)c1. The maximum absolute atomic E-state index is 13.3. The van der Waals surface area contributed by atoms with E-state index in [0.29, 0.717) is 30.6 Å². The van der Waals surface area contributed by atoms with Gasteiger partial charge in [-0.15, -0.1) is 0 Å². The Kier molecular flexibility index (Phi) is 4.93. The van der Waals surface area contributed by atoms with Crippen LogP contribution >= 0.6 is 0 Å². The lowest BCUT2D eigenvalue weighted by atomic mass is 10.2. The molecule has 7 heteroatoms. The lowest BCUT2D eigenvalue weighted by molar-refractivity contribution is 0.275. The number of rotatable bonds is 4. The maximum Gasteiger partial charge on any atom is 0.282 e. The molecule has 0 unspecified atom stereocenters. The standard InChI is InChI=1S/C17H18F2N2O2S/c18-16-6-1-4-14(10-16)12-20-8-3-9-21(24(20,22)23)13-15-5-2-7-17(19)11-15/h1-2,4-7,10-11H,3,8-9,12-13H2. The molecule has 0 radical (unpaired) electrons. The van der Waals surface area contributed by atoms with Crippen molar-refractivity contribution >= 4 is 10.2 Å².